The third-order valence-corrected chi connectivity index (χ3v) is 5.31. The van der Waals surface area contributed by atoms with Crippen molar-refractivity contribution < 1.29 is 19.2 Å². The van der Waals surface area contributed by atoms with Crippen LogP contribution in [-0.4, -0.2) is 36.2 Å². The van der Waals surface area contributed by atoms with Gasteiger partial charge in [0.2, 0.25) is 0 Å². The summed E-state index contributed by atoms with van der Waals surface area (Å²) in [5, 5.41) is 10.1. The van der Waals surface area contributed by atoms with Gasteiger partial charge in [0.1, 0.15) is 12.3 Å². The predicted octanol–water partition coefficient (Wildman–Crippen LogP) is 3.15. The summed E-state index contributed by atoms with van der Waals surface area (Å²) in [5.74, 6) is 2.24. The van der Waals surface area contributed by atoms with E-state index in [1.54, 1.807) is 14.2 Å². The number of allylic oxidation sites excluding steroid dienone is 2. The Morgan fingerprint density at radius 1 is 1.05 bits per heavy atom. The number of nitrogens with zero attached hydrogens (tertiary/aromatic N) is 1. The summed E-state index contributed by atoms with van der Waals surface area (Å²) in [6.45, 7) is 1.03. The van der Waals surface area contributed by atoms with Gasteiger partial charge in [-0.3, -0.25) is 0 Å². The molecule has 116 valence electrons. The second kappa shape index (κ2) is 5.04. The number of benzene rings is 1. The summed E-state index contributed by atoms with van der Waals surface area (Å²) in [7, 11) is 3.38. The van der Waals surface area contributed by atoms with Crippen molar-refractivity contribution in [1.29, 1.82) is 0 Å². The Labute approximate surface area is 130 Å². The minimum Gasteiger partial charge on any atom is -0.512 e. The van der Waals surface area contributed by atoms with Gasteiger partial charge >= 0.3 is 0 Å². The van der Waals surface area contributed by atoms with Crippen LogP contribution in [0.25, 0.3) is 0 Å². The Morgan fingerprint density at radius 3 is 2.59 bits per heavy atom. The minimum atomic E-state index is 0.410. The Hall–Kier alpha value is -1.97. The molecule has 0 saturated carbocycles. The second-order valence-corrected chi connectivity index (χ2v) is 6.28. The van der Waals surface area contributed by atoms with Gasteiger partial charge < -0.3 is 14.6 Å². The molecule has 22 heavy (non-hydrogen) atoms. The minimum absolute atomic E-state index is 0.410. The lowest BCUT2D eigenvalue weighted by molar-refractivity contribution is -0.580. The van der Waals surface area contributed by atoms with Crippen molar-refractivity contribution in [3.8, 4) is 11.5 Å². The maximum Gasteiger partial charge on any atom is 0.183 e. The lowest BCUT2D eigenvalue weighted by atomic mass is 9.85. The number of aliphatic hydroxyl groups excluding tert-OH is 1. The van der Waals surface area contributed by atoms with Crippen molar-refractivity contribution in [2.75, 3.05) is 20.8 Å². The third kappa shape index (κ3) is 1.86. The maximum absolute atomic E-state index is 10.1. The van der Waals surface area contributed by atoms with Crippen LogP contribution in [-0.2, 0) is 6.42 Å². The average molecular weight is 300 g/mol. The van der Waals surface area contributed by atoms with E-state index in [1.807, 2.05) is 0 Å². The van der Waals surface area contributed by atoms with Crippen LogP contribution >= 0.6 is 0 Å². The van der Waals surface area contributed by atoms with E-state index in [2.05, 4.69) is 16.7 Å². The molecule has 0 unspecified atom stereocenters. The van der Waals surface area contributed by atoms with Crippen LogP contribution < -0.4 is 9.47 Å². The van der Waals surface area contributed by atoms with Gasteiger partial charge in [-0.15, -0.1) is 0 Å². The van der Waals surface area contributed by atoms with Crippen LogP contribution in [0.4, 0.5) is 0 Å². The van der Waals surface area contributed by atoms with Gasteiger partial charge in [0.15, 0.2) is 23.3 Å². The molecule has 4 heteroatoms. The van der Waals surface area contributed by atoms with E-state index in [-0.39, 0.29) is 0 Å². The first kappa shape index (κ1) is 13.7. The van der Waals surface area contributed by atoms with Gasteiger partial charge in [-0.25, -0.2) is 4.58 Å². The number of hydrogen-bond acceptors (Lipinski definition) is 3. The normalized spacial score (nSPS) is 23.1. The van der Waals surface area contributed by atoms with Crippen molar-refractivity contribution >= 4 is 5.71 Å². The summed E-state index contributed by atoms with van der Waals surface area (Å²) in [4.78, 5) is 0. The molecule has 0 amide bonds. The molecule has 3 aliphatic rings. The lowest BCUT2D eigenvalue weighted by Gasteiger charge is -2.30. The molecule has 4 nitrogen and oxygen atoms in total. The Bertz CT molecular complexity index is 703. The number of rotatable bonds is 2. The van der Waals surface area contributed by atoms with Gasteiger partial charge in [-0.05, 0) is 24.1 Å². The predicted molar refractivity (Wildman–Crippen MR) is 84.2 cm³/mol. The van der Waals surface area contributed by atoms with E-state index >= 15 is 0 Å². The summed E-state index contributed by atoms with van der Waals surface area (Å²) in [6, 6.07) is 4.69. The molecule has 0 saturated heterocycles. The largest absolute Gasteiger partial charge is 0.512 e. The van der Waals surface area contributed by atoms with E-state index in [1.165, 1.54) is 22.4 Å². The SMILES string of the molecule is COc1cc2c(cc1OC)[C@@H]1CCC3=C(O)CCC3=[N+]1CC2. The highest BCUT2D eigenvalue weighted by molar-refractivity contribution is 5.99. The highest BCUT2D eigenvalue weighted by Crippen LogP contribution is 2.43. The summed E-state index contributed by atoms with van der Waals surface area (Å²) in [5.41, 5.74) is 5.31. The average Bonchev–Trinajstić information content (AvgIpc) is 2.94. The van der Waals surface area contributed by atoms with Crippen LogP contribution in [0.3, 0.4) is 0 Å². The number of aliphatic hydroxyl groups is 1. The molecule has 1 atom stereocenters. The molecular weight excluding hydrogens is 278 g/mol. The number of fused-ring (bicyclic) bond motifs is 4. The van der Waals surface area contributed by atoms with E-state index in [0.717, 1.165) is 50.1 Å². The molecule has 0 fully saturated rings. The zero-order chi connectivity index (χ0) is 15.3. The van der Waals surface area contributed by atoms with Crippen molar-refractivity contribution in [3.63, 3.8) is 0 Å². The molecule has 1 aliphatic carbocycles. The van der Waals surface area contributed by atoms with Gasteiger partial charge in [-0.2, -0.15) is 0 Å². The van der Waals surface area contributed by atoms with E-state index < -0.39 is 0 Å². The van der Waals surface area contributed by atoms with Crippen molar-refractivity contribution in [3.05, 3.63) is 34.6 Å². The molecular formula is C18H22NO3+. The molecule has 0 radical (unpaired) electrons. The molecule has 2 heterocycles. The van der Waals surface area contributed by atoms with Crippen LogP contribution in [0.2, 0.25) is 0 Å². The molecule has 0 bridgehead atoms. The number of hydrogen-bond donors (Lipinski definition) is 1. The Morgan fingerprint density at radius 2 is 1.82 bits per heavy atom. The fraction of sp³-hybridized carbons (Fsp3) is 0.500. The molecule has 1 aromatic carbocycles. The zero-order valence-corrected chi connectivity index (χ0v) is 13.2. The zero-order valence-electron chi connectivity index (χ0n) is 13.2. The highest BCUT2D eigenvalue weighted by Gasteiger charge is 2.41. The van der Waals surface area contributed by atoms with Crippen LogP contribution in [0, 0.1) is 0 Å². The fourth-order valence-corrected chi connectivity index (χ4v) is 4.25. The van der Waals surface area contributed by atoms with Crippen LogP contribution in [0.1, 0.15) is 42.9 Å². The van der Waals surface area contributed by atoms with Crippen molar-refractivity contribution in [2.24, 2.45) is 0 Å². The van der Waals surface area contributed by atoms with E-state index in [9.17, 15) is 5.11 Å². The lowest BCUT2D eigenvalue weighted by Crippen LogP contribution is -2.35. The number of methoxy groups -OCH3 is 2. The smallest absolute Gasteiger partial charge is 0.183 e. The van der Waals surface area contributed by atoms with E-state index in [0.29, 0.717) is 11.8 Å². The van der Waals surface area contributed by atoms with Crippen molar-refractivity contribution in [1.82, 2.24) is 0 Å². The fourth-order valence-electron chi connectivity index (χ4n) is 4.25. The third-order valence-electron chi connectivity index (χ3n) is 5.31. The monoisotopic (exact) mass is 300 g/mol. The maximum atomic E-state index is 10.1. The molecule has 1 aromatic rings. The van der Waals surface area contributed by atoms with Gasteiger partial charge in [0.05, 0.1) is 19.8 Å². The molecule has 1 N–H and O–H groups in total. The second-order valence-electron chi connectivity index (χ2n) is 6.28. The first-order valence-electron chi connectivity index (χ1n) is 8.01. The summed E-state index contributed by atoms with van der Waals surface area (Å²) >= 11 is 0. The molecule has 4 rings (SSSR count). The standard InChI is InChI=1S/C18H21NO3/c1-21-17-9-11-7-8-19-14-5-6-16(20)12(14)3-4-15(19)13(11)10-18(17)22-2/h9-10,15H,3-8H2,1-2H3/p+1/t15-/m0/s1. The molecule has 0 spiro atoms. The van der Waals surface area contributed by atoms with Crippen molar-refractivity contribution in [2.45, 2.75) is 38.1 Å². The molecule has 0 aromatic heterocycles. The van der Waals surface area contributed by atoms with Crippen LogP contribution in [0.5, 0.6) is 11.5 Å². The highest BCUT2D eigenvalue weighted by atomic mass is 16.5. The van der Waals surface area contributed by atoms with Gasteiger partial charge in [0, 0.05) is 31.2 Å². The first-order valence-corrected chi connectivity index (χ1v) is 8.01. The Balaban J connectivity index is 1.83. The van der Waals surface area contributed by atoms with Gasteiger partial charge in [-0.1, -0.05) is 0 Å². The quantitative estimate of drug-likeness (QED) is 0.853. The Kier molecular flexibility index (Phi) is 3.13. The van der Waals surface area contributed by atoms with Crippen LogP contribution in [0.15, 0.2) is 23.5 Å². The summed E-state index contributed by atoms with van der Waals surface area (Å²) in [6.07, 6.45) is 4.86. The molecule has 2 aliphatic heterocycles. The first-order chi connectivity index (χ1) is 10.7. The van der Waals surface area contributed by atoms with Gasteiger partial charge in [0.25, 0.3) is 0 Å². The van der Waals surface area contributed by atoms with E-state index in [4.69, 9.17) is 9.47 Å². The topological polar surface area (TPSA) is 41.7 Å². The number of ether oxygens (including phenoxy) is 2. The summed E-state index contributed by atoms with van der Waals surface area (Å²) < 4.78 is 13.4.